The second-order valence-electron chi connectivity index (χ2n) is 3.98. The molecule has 0 amide bonds. The van der Waals surface area contributed by atoms with Gasteiger partial charge in [0.25, 0.3) is 0 Å². The number of aryl methyl sites for hydroxylation is 1. The molecule has 0 aliphatic heterocycles. The first-order valence-electron chi connectivity index (χ1n) is 5.12. The molecule has 0 unspecified atom stereocenters. The Morgan fingerprint density at radius 2 is 1.89 bits per heavy atom. The highest BCUT2D eigenvalue weighted by atomic mass is 32.2. The lowest BCUT2D eigenvalue weighted by atomic mass is 10.1. The van der Waals surface area contributed by atoms with Crippen molar-refractivity contribution in [2.24, 2.45) is 0 Å². The quantitative estimate of drug-likeness (QED) is 0.643. The van der Waals surface area contributed by atoms with Gasteiger partial charge in [0.15, 0.2) is 0 Å². The van der Waals surface area contributed by atoms with Gasteiger partial charge in [-0.05, 0) is 24.6 Å². The van der Waals surface area contributed by atoms with Crippen LogP contribution in [0.3, 0.4) is 0 Å². The van der Waals surface area contributed by atoms with E-state index in [1.807, 2.05) is 0 Å². The van der Waals surface area contributed by atoms with Gasteiger partial charge in [-0.2, -0.15) is 0 Å². The molecule has 0 saturated carbocycles. The summed E-state index contributed by atoms with van der Waals surface area (Å²) in [4.78, 5) is 11.5. The topological polar surface area (TPSA) is 89.7 Å². The molecule has 0 aliphatic carbocycles. The second kappa shape index (κ2) is 4.95. The molecule has 2 N–H and O–H groups in total. The van der Waals surface area contributed by atoms with Crippen LogP contribution in [0.25, 0.3) is 0 Å². The first-order valence-corrected chi connectivity index (χ1v) is 6.56. The maximum Gasteiger partial charge on any atom is 0.340 e. The van der Waals surface area contributed by atoms with E-state index in [-0.39, 0.29) is 16.1 Å². The van der Waals surface area contributed by atoms with Gasteiger partial charge in [0.2, 0.25) is 10.0 Å². The van der Waals surface area contributed by atoms with Crippen LogP contribution >= 0.6 is 0 Å². The average molecular weight is 272 g/mol. The zero-order chi connectivity index (χ0) is 14.1. The summed E-state index contributed by atoms with van der Waals surface area (Å²) in [6, 6.07) is 2.65. The Morgan fingerprint density at radius 1 is 1.33 bits per heavy atom. The van der Waals surface area contributed by atoms with E-state index in [9.17, 15) is 13.2 Å². The number of hydrogen-bond acceptors (Lipinski definition) is 5. The Bertz CT molecular complexity index is 579. The Labute approximate surface area is 106 Å². The SMILES string of the molecule is COC(=O)c1cc(S(=O)(=O)N(C)C)cc(C)c1N. The number of hydrogen-bond donors (Lipinski definition) is 1. The van der Waals surface area contributed by atoms with E-state index in [2.05, 4.69) is 4.74 Å². The average Bonchev–Trinajstić information content (AvgIpc) is 2.31. The third-order valence-corrected chi connectivity index (χ3v) is 4.34. The van der Waals surface area contributed by atoms with Crippen LogP contribution in [-0.4, -0.2) is 39.9 Å². The van der Waals surface area contributed by atoms with Crippen molar-refractivity contribution in [3.05, 3.63) is 23.3 Å². The minimum atomic E-state index is -3.61. The standard InChI is InChI=1S/C11H16N2O4S/c1-7-5-8(18(15,16)13(2)3)6-9(10(7)12)11(14)17-4/h5-6H,12H2,1-4H3. The molecule has 6 nitrogen and oxygen atoms in total. The summed E-state index contributed by atoms with van der Waals surface area (Å²) >= 11 is 0. The molecule has 0 atom stereocenters. The summed E-state index contributed by atoms with van der Waals surface area (Å²) in [6.45, 7) is 1.64. The van der Waals surface area contributed by atoms with E-state index in [1.165, 1.54) is 33.3 Å². The summed E-state index contributed by atoms with van der Waals surface area (Å²) in [6.07, 6.45) is 0. The zero-order valence-corrected chi connectivity index (χ0v) is 11.5. The monoisotopic (exact) mass is 272 g/mol. The smallest absolute Gasteiger partial charge is 0.340 e. The lowest BCUT2D eigenvalue weighted by molar-refractivity contribution is 0.0601. The molecule has 0 aliphatic rings. The van der Waals surface area contributed by atoms with Crippen LogP contribution in [0.4, 0.5) is 5.69 Å². The fourth-order valence-electron chi connectivity index (χ4n) is 1.40. The Morgan fingerprint density at radius 3 is 2.33 bits per heavy atom. The van der Waals surface area contributed by atoms with Gasteiger partial charge in [0.1, 0.15) is 0 Å². The second-order valence-corrected chi connectivity index (χ2v) is 6.13. The first kappa shape index (κ1) is 14.5. The van der Waals surface area contributed by atoms with Gasteiger partial charge < -0.3 is 10.5 Å². The number of nitrogens with two attached hydrogens (primary N) is 1. The highest BCUT2D eigenvalue weighted by molar-refractivity contribution is 7.89. The van der Waals surface area contributed by atoms with Crippen molar-refractivity contribution >= 4 is 21.7 Å². The molecule has 0 fully saturated rings. The van der Waals surface area contributed by atoms with Crippen molar-refractivity contribution in [3.63, 3.8) is 0 Å². The molecule has 0 bridgehead atoms. The van der Waals surface area contributed by atoms with E-state index < -0.39 is 16.0 Å². The highest BCUT2D eigenvalue weighted by Crippen LogP contribution is 2.24. The van der Waals surface area contributed by atoms with Gasteiger partial charge in [-0.3, -0.25) is 0 Å². The number of methoxy groups -OCH3 is 1. The summed E-state index contributed by atoms with van der Waals surface area (Å²) in [5.74, 6) is -0.661. The number of rotatable bonds is 3. The minimum Gasteiger partial charge on any atom is -0.465 e. The molecular formula is C11H16N2O4S. The molecule has 18 heavy (non-hydrogen) atoms. The molecule has 1 aromatic rings. The molecule has 0 radical (unpaired) electrons. The van der Waals surface area contributed by atoms with Crippen molar-refractivity contribution in [3.8, 4) is 0 Å². The number of carbonyl (C=O) groups excluding carboxylic acids is 1. The van der Waals surface area contributed by atoms with Gasteiger partial charge in [0.05, 0.1) is 17.6 Å². The number of anilines is 1. The molecule has 0 saturated heterocycles. The number of sulfonamides is 1. The maximum absolute atomic E-state index is 12.0. The fraction of sp³-hybridized carbons (Fsp3) is 0.364. The molecule has 1 aromatic carbocycles. The predicted octanol–water partition coefficient (Wildman–Crippen LogP) is 0.614. The number of nitrogens with zero attached hydrogens (tertiary/aromatic N) is 1. The van der Waals surface area contributed by atoms with Crippen LogP contribution in [0, 0.1) is 6.92 Å². The minimum absolute atomic E-state index is 0.0135. The number of ether oxygens (including phenoxy) is 1. The number of nitrogen functional groups attached to an aromatic ring is 1. The lowest BCUT2D eigenvalue weighted by Gasteiger charge is -2.14. The first-order chi connectivity index (χ1) is 8.21. The number of esters is 1. The highest BCUT2D eigenvalue weighted by Gasteiger charge is 2.22. The van der Waals surface area contributed by atoms with Crippen molar-refractivity contribution in [1.29, 1.82) is 0 Å². The van der Waals surface area contributed by atoms with Crippen molar-refractivity contribution in [2.75, 3.05) is 26.9 Å². The summed E-state index contributed by atoms with van der Waals surface area (Å²) in [7, 11) is 0.433. The number of benzene rings is 1. The van der Waals surface area contributed by atoms with E-state index in [4.69, 9.17) is 5.73 Å². The lowest BCUT2D eigenvalue weighted by Crippen LogP contribution is -2.23. The molecule has 0 aromatic heterocycles. The van der Waals surface area contributed by atoms with Crippen LogP contribution < -0.4 is 5.73 Å². The van der Waals surface area contributed by atoms with Crippen LogP contribution in [0.1, 0.15) is 15.9 Å². The Hall–Kier alpha value is -1.60. The van der Waals surface area contributed by atoms with E-state index in [0.29, 0.717) is 5.56 Å². The van der Waals surface area contributed by atoms with Crippen molar-refractivity contribution in [1.82, 2.24) is 4.31 Å². The van der Waals surface area contributed by atoms with Gasteiger partial charge >= 0.3 is 5.97 Å². The van der Waals surface area contributed by atoms with E-state index >= 15 is 0 Å². The molecule has 7 heteroatoms. The summed E-state index contributed by atoms with van der Waals surface area (Å²) < 4.78 is 29.6. The van der Waals surface area contributed by atoms with Crippen LogP contribution in [0.5, 0.6) is 0 Å². The van der Waals surface area contributed by atoms with Gasteiger partial charge in [-0.1, -0.05) is 0 Å². The summed E-state index contributed by atoms with van der Waals surface area (Å²) in [5, 5.41) is 0. The molecular weight excluding hydrogens is 256 g/mol. The van der Waals surface area contributed by atoms with Crippen LogP contribution in [0.15, 0.2) is 17.0 Å². The third kappa shape index (κ3) is 2.46. The van der Waals surface area contributed by atoms with Crippen LogP contribution in [0.2, 0.25) is 0 Å². The van der Waals surface area contributed by atoms with Crippen molar-refractivity contribution < 1.29 is 17.9 Å². The Balaban J connectivity index is 3.52. The maximum atomic E-state index is 12.0. The van der Waals surface area contributed by atoms with E-state index in [1.54, 1.807) is 6.92 Å². The van der Waals surface area contributed by atoms with E-state index in [0.717, 1.165) is 4.31 Å². The molecule has 100 valence electrons. The summed E-state index contributed by atoms with van der Waals surface area (Å²) in [5.41, 5.74) is 6.53. The molecule has 1 rings (SSSR count). The van der Waals surface area contributed by atoms with Gasteiger partial charge in [-0.25, -0.2) is 17.5 Å². The van der Waals surface area contributed by atoms with Gasteiger partial charge in [-0.15, -0.1) is 0 Å². The van der Waals surface area contributed by atoms with Crippen molar-refractivity contribution in [2.45, 2.75) is 11.8 Å². The number of carbonyl (C=O) groups is 1. The van der Waals surface area contributed by atoms with Gasteiger partial charge in [0, 0.05) is 19.8 Å². The Kier molecular flexibility index (Phi) is 3.98. The third-order valence-electron chi connectivity index (χ3n) is 2.54. The largest absolute Gasteiger partial charge is 0.465 e. The molecule has 0 heterocycles. The molecule has 0 spiro atoms. The van der Waals surface area contributed by atoms with Crippen LogP contribution in [-0.2, 0) is 14.8 Å². The zero-order valence-electron chi connectivity index (χ0n) is 10.7. The normalized spacial score (nSPS) is 11.6. The predicted molar refractivity (Wildman–Crippen MR) is 67.8 cm³/mol. The fourth-order valence-corrected chi connectivity index (χ4v) is 2.42.